The minimum absolute atomic E-state index is 0.164. The number of H-pyrrole nitrogens is 1. The number of pyridine rings is 1. The molecule has 1 heterocycles. The number of hydrogen-bond donors (Lipinski definition) is 2. The number of carbonyl (C=O) groups excluding carboxylic acids is 1. The molecule has 120 valence electrons. The monoisotopic (exact) mass is 322 g/mol. The first-order chi connectivity index (χ1) is 11.6. The highest BCUT2D eigenvalue weighted by molar-refractivity contribution is 5.96. The average molecular weight is 322 g/mol. The van der Waals surface area contributed by atoms with Gasteiger partial charge in [0.05, 0.1) is 6.04 Å². The molecule has 1 atom stereocenters. The van der Waals surface area contributed by atoms with Crippen molar-refractivity contribution in [3.8, 4) is 0 Å². The average Bonchev–Trinajstić information content (AvgIpc) is 2.96. The van der Waals surface area contributed by atoms with Crippen LogP contribution in [0.25, 0.3) is 10.8 Å². The van der Waals surface area contributed by atoms with E-state index in [0.29, 0.717) is 5.39 Å². The van der Waals surface area contributed by atoms with E-state index in [-0.39, 0.29) is 29.0 Å². The Kier molecular flexibility index (Phi) is 3.41. The van der Waals surface area contributed by atoms with Crippen molar-refractivity contribution in [2.45, 2.75) is 18.9 Å². The summed E-state index contributed by atoms with van der Waals surface area (Å²) in [4.78, 5) is 27.2. The van der Waals surface area contributed by atoms with Crippen molar-refractivity contribution >= 4 is 16.7 Å². The molecule has 0 bridgehead atoms. The van der Waals surface area contributed by atoms with Gasteiger partial charge in [0.25, 0.3) is 11.5 Å². The second-order valence-corrected chi connectivity index (χ2v) is 6.01. The first-order valence-electron chi connectivity index (χ1n) is 7.83. The van der Waals surface area contributed by atoms with Gasteiger partial charge in [-0.15, -0.1) is 0 Å². The molecule has 0 spiro atoms. The van der Waals surface area contributed by atoms with Crippen molar-refractivity contribution in [3.63, 3.8) is 0 Å². The number of carbonyl (C=O) groups is 1. The summed E-state index contributed by atoms with van der Waals surface area (Å²) < 4.78 is 13.3. The molecule has 0 saturated heterocycles. The predicted molar refractivity (Wildman–Crippen MR) is 89.5 cm³/mol. The van der Waals surface area contributed by atoms with Gasteiger partial charge in [-0.3, -0.25) is 9.59 Å². The fourth-order valence-corrected chi connectivity index (χ4v) is 3.31. The SMILES string of the molecule is O=C(N[C@H]1CCc2cc(F)ccc21)c1cc2ccccc2c(=O)[nH]1. The van der Waals surface area contributed by atoms with E-state index in [1.54, 1.807) is 30.3 Å². The Balaban J connectivity index is 1.63. The van der Waals surface area contributed by atoms with Gasteiger partial charge < -0.3 is 10.3 Å². The van der Waals surface area contributed by atoms with Gasteiger partial charge in [-0.25, -0.2) is 4.39 Å². The highest BCUT2D eigenvalue weighted by atomic mass is 19.1. The van der Waals surface area contributed by atoms with Crippen molar-refractivity contribution in [3.05, 3.63) is 81.5 Å². The molecule has 0 saturated carbocycles. The van der Waals surface area contributed by atoms with Crippen molar-refractivity contribution in [2.24, 2.45) is 0 Å². The summed E-state index contributed by atoms with van der Waals surface area (Å²) in [5, 5.41) is 4.21. The summed E-state index contributed by atoms with van der Waals surface area (Å²) in [6, 6.07) is 13.3. The van der Waals surface area contributed by atoms with Gasteiger partial charge in [-0.1, -0.05) is 24.3 Å². The molecule has 4 rings (SSSR count). The Labute approximate surface area is 137 Å². The fraction of sp³-hybridized carbons (Fsp3) is 0.158. The molecule has 3 aromatic rings. The predicted octanol–water partition coefficient (Wildman–Crippen LogP) is 3.08. The third kappa shape index (κ3) is 2.48. The van der Waals surface area contributed by atoms with Crippen LogP contribution in [0.3, 0.4) is 0 Å². The number of aromatic amines is 1. The topological polar surface area (TPSA) is 62.0 Å². The summed E-state index contributed by atoms with van der Waals surface area (Å²) >= 11 is 0. The molecule has 1 aliphatic carbocycles. The van der Waals surface area contributed by atoms with Crippen molar-refractivity contribution in [2.75, 3.05) is 0 Å². The summed E-state index contributed by atoms with van der Waals surface area (Å²) in [7, 11) is 0. The number of hydrogen-bond acceptors (Lipinski definition) is 2. The molecule has 0 fully saturated rings. The van der Waals surface area contributed by atoms with E-state index in [1.165, 1.54) is 12.1 Å². The molecule has 1 aliphatic rings. The number of rotatable bonds is 2. The summed E-state index contributed by atoms with van der Waals surface area (Å²) in [5.41, 5.74) is 1.81. The molecule has 24 heavy (non-hydrogen) atoms. The van der Waals surface area contributed by atoms with Crippen LogP contribution in [0.15, 0.2) is 53.3 Å². The Morgan fingerprint density at radius 1 is 1.17 bits per heavy atom. The lowest BCUT2D eigenvalue weighted by molar-refractivity contribution is 0.0931. The van der Waals surface area contributed by atoms with E-state index < -0.39 is 0 Å². The van der Waals surface area contributed by atoms with Gasteiger partial charge in [-0.05, 0) is 53.6 Å². The van der Waals surface area contributed by atoms with Gasteiger partial charge >= 0.3 is 0 Å². The van der Waals surface area contributed by atoms with Gasteiger partial charge in [-0.2, -0.15) is 0 Å². The van der Waals surface area contributed by atoms with Crippen molar-refractivity contribution in [1.82, 2.24) is 10.3 Å². The Morgan fingerprint density at radius 2 is 2.00 bits per heavy atom. The highest BCUT2D eigenvalue weighted by Crippen LogP contribution is 2.31. The van der Waals surface area contributed by atoms with Crippen LogP contribution < -0.4 is 10.9 Å². The number of amides is 1. The van der Waals surface area contributed by atoms with Crippen LogP contribution in [0.4, 0.5) is 4.39 Å². The van der Waals surface area contributed by atoms with Gasteiger partial charge in [0.2, 0.25) is 0 Å². The number of benzene rings is 2. The van der Waals surface area contributed by atoms with Crippen LogP contribution in [0.1, 0.15) is 34.1 Å². The van der Waals surface area contributed by atoms with E-state index in [0.717, 1.165) is 29.4 Å². The zero-order valence-electron chi connectivity index (χ0n) is 12.8. The minimum atomic E-state index is -0.333. The largest absolute Gasteiger partial charge is 0.344 e. The third-order valence-corrected chi connectivity index (χ3v) is 4.49. The lowest BCUT2D eigenvalue weighted by atomic mass is 10.1. The van der Waals surface area contributed by atoms with Gasteiger partial charge in [0.1, 0.15) is 11.5 Å². The molecule has 0 unspecified atom stereocenters. The molecular formula is C19H15FN2O2. The Morgan fingerprint density at radius 3 is 2.88 bits per heavy atom. The maximum Gasteiger partial charge on any atom is 0.268 e. The van der Waals surface area contributed by atoms with Gasteiger partial charge in [0, 0.05) is 5.39 Å². The molecule has 1 aromatic heterocycles. The van der Waals surface area contributed by atoms with Crippen LogP contribution in [0.5, 0.6) is 0 Å². The first-order valence-corrected chi connectivity index (χ1v) is 7.83. The second-order valence-electron chi connectivity index (χ2n) is 6.01. The fourth-order valence-electron chi connectivity index (χ4n) is 3.31. The van der Waals surface area contributed by atoms with E-state index in [4.69, 9.17) is 0 Å². The lowest BCUT2D eigenvalue weighted by Gasteiger charge is -2.14. The normalized spacial score (nSPS) is 16.1. The molecule has 4 nitrogen and oxygen atoms in total. The van der Waals surface area contributed by atoms with Crippen LogP contribution >= 0.6 is 0 Å². The Hall–Kier alpha value is -2.95. The molecule has 2 aromatic carbocycles. The Bertz CT molecular complexity index is 1010. The minimum Gasteiger partial charge on any atom is -0.344 e. The summed E-state index contributed by atoms with van der Waals surface area (Å²) in [5.74, 6) is -0.598. The molecular weight excluding hydrogens is 307 g/mol. The van der Waals surface area contributed by atoms with Crippen LogP contribution in [-0.2, 0) is 6.42 Å². The van der Waals surface area contributed by atoms with Crippen LogP contribution in [-0.4, -0.2) is 10.9 Å². The van der Waals surface area contributed by atoms with Gasteiger partial charge in [0.15, 0.2) is 0 Å². The molecule has 0 radical (unpaired) electrons. The number of nitrogens with one attached hydrogen (secondary N) is 2. The van der Waals surface area contributed by atoms with Crippen molar-refractivity contribution < 1.29 is 9.18 Å². The molecule has 0 aliphatic heterocycles. The van der Waals surface area contributed by atoms with Crippen LogP contribution in [0, 0.1) is 5.82 Å². The third-order valence-electron chi connectivity index (χ3n) is 4.49. The number of aryl methyl sites for hydroxylation is 1. The summed E-state index contributed by atoms with van der Waals surface area (Å²) in [6.07, 6.45) is 1.45. The number of fused-ring (bicyclic) bond motifs is 2. The molecule has 2 N–H and O–H groups in total. The van der Waals surface area contributed by atoms with Crippen LogP contribution in [0.2, 0.25) is 0 Å². The quantitative estimate of drug-likeness (QED) is 0.761. The lowest BCUT2D eigenvalue weighted by Crippen LogP contribution is -2.29. The van der Waals surface area contributed by atoms with E-state index >= 15 is 0 Å². The molecule has 5 heteroatoms. The number of aromatic nitrogens is 1. The van der Waals surface area contributed by atoms with Crippen molar-refractivity contribution in [1.29, 1.82) is 0 Å². The van der Waals surface area contributed by atoms with E-state index in [2.05, 4.69) is 10.3 Å². The summed E-state index contributed by atoms with van der Waals surface area (Å²) in [6.45, 7) is 0. The smallest absolute Gasteiger partial charge is 0.268 e. The number of halogens is 1. The zero-order chi connectivity index (χ0) is 16.7. The van der Waals surface area contributed by atoms with E-state index in [9.17, 15) is 14.0 Å². The molecule has 1 amide bonds. The highest BCUT2D eigenvalue weighted by Gasteiger charge is 2.25. The standard InChI is InChI=1S/C19H15FN2O2/c20-13-6-7-14-12(9-13)5-8-16(14)21-19(24)17-10-11-3-1-2-4-15(11)18(23)22-17/h1-4,6-7,9-10,16H,5,8H2,(H,21,24)(H,22,23)/t16-/m0/s1. The first kappa shape index (κ1) is 14.6. The second kappa shape index (κ2) is 5.60. The maximum absolute atomic E-state index is 13.3. The zero-order valence-corrected chi connectivity index (χ0v) is 12.8. The maximum atomic E-state index is 13.3. The van der Waals surface area contributed by atoms with E-state index in [1.807, 2.05) is 6.07 Å².